The number of nitrogens with zero attached hydrogens (tertiary/aromatic N) is 1. The first kappa shape index (κ1) is 18.6. The second kappa shape index (κ2) is 8.00. The molecule has 0 atom stereocenters. The molecule has 0 saturated heterocycles. The number of rotatable bonds is 2. The Morgan fingerprint density at radius 2 is 1.89 bits per heavy atom. The van der Waals surface area contributed by atoms with Gasteiger partial charge in [0.05, 0.1) is 5.69 Å². The summed E-state index contributed by atoms with van der Waals surface area (Å²) in [4.78, 5) is 4.34. The molecule has 1 saturated carbocycles. The lowest BCUT2D eigenvalue weighted by atomic mass is 9.89. The van der Waals surface area contributed by atoms with Crippen LogP contribution in [0.1, 0.15) is 31.2 Å². The molecule has 1 aliphatic rings. The third-order valence-electron chi connectivity index (χ3n) is 3.37. The molecule has 1 aromatic rings. The van der Waals surface area contributed by atoms with Gasteiger partial charge in [-0.05, 0) is 36.8 Å². The maximum Gasteiger partial charge on any atom is 0.158 e. The fourth-order valence-electron chi connectivity index (χ4n) is 2.35. The van der Waals surface area contributed by atoms with Crippen LogP contribution in [-0.4, -0.2) is 11.4 Å². The van der Waals surface area contributed by atoms with Crippen molar-refractivity contribution >= 4 is 47.4 Å². The van der Waals surface area contributed by atoms with Crippen molar-refractivity contribution in [2.24, 2.45) is 16.5 Å². The van der Waals surface area contributed by atoms with E-state index in [4.69, 9.17) is 11.5 Å². The molecule has 0 aliphatic heterocycles. The van der Waals surface area contributed by atoms with Gasteiger partial charge >= 0.3 is 0 Å². The molecule has 1 aromatic carbocycles. The minimum absolute atomic E-state index is 0. The van der Waals surface area contributed by atoms with Gasteiger partial charge in [-0.25, -0.2) is 4.99 Å². The molecular weight excluding hydrogens is 301 g/mol. The highest BCUT2D eigenvalue weighted by Crippen LogP contribution is 2.37. The zero-order valence-electron chi connectivity index (χ0n) is 11.0. The van der Waals surface area contributed by atoms with E-state index in [1.54, 1.807) is 0 Å². The quantitative estimate of drug-likeness (QED) is 0.646. The van der Waals surface area contributed by atoms with Crippen LogP contribution in [0.25, 0.3) is 0 Å². The average Bonchev–Trinajstić information content (AvgIpc) is 2.78. The lowest BCUT2D eigenvalue weighted by molar-refractivity contribution is 0.462. The van der Waals surface area contributed by atoms with Crippen LogP contribution in [0.3, 0.4) is 0 Å². The van der Waals surface area contributed by atoms with Gasteiger partial charge in [0, 0.05) is 5.54 Å². The van der Waals surface area contributed by atoms with Gasteiger partial charge in [-0.1, -0.05) is 36.7 Å². The van der Waals surface area contributed by atoms with Crippen molar-refractivity contribution in [3.05, 3.63) is 29.8 Å². The van der Waals surface area contributed by atoms with Crippen LogP contribution < -0.4 is 11.5 Å². The first-order chi connectivity index (χ1) is 8.14. The summed E-state index contributed by atoms with van der Waals surface area (Å²) in [7, 11) is 0. The van der Waals surface area contributed by atoms with Crippen LogP contribution in [0.4, 0.5) is 5.69 Å². The van der Waals surface area contributed by atoms with Crippen LogP contribution in [0.2, 0.25) is 0 Å². The van der Waals surface area contributed by atoms with E-state index in [0.717, 1.165) is 18.5 Å². The first-order valence-corrected chi connectivity index (χ1v) is 7.14. The van der Waals surface area contributed by atoms with E-state index in [1.807, 2.05) is 18.4 Å². The zero-order chi connectivity index (χ0) is 12.3. The summed E-state index contributed by atoms with van der Waals surface area (Å²) < 4.78 is 0. The predicted molar refractivity (Wildman–Crippen MR) is 90.1 cm³/mol. The Balaban J connectivity index is 0.00000162. The minimum atomic E-state index is -0.153. The summed E-state index contributed by atoms with van der Waals surface area (Å²) in [6.45, 7) is 0. The Labute approximate surface area is 131 Å². The summed E-state index contributed by atoms with van der Waals surface area (Å²) in [5, 5.41) is 0.583. The number of amidine groups is 1. The molecule has 19 heavy (non-hydrogen) atoms. The predicted octanol–water partition coefficient (Wildman–Crippen LogP) is 3.57. The Morgan fingerprint density at radius 3 is 2.47 bits per heavy atom. The topological polar surface area (TPSA) is 64.4 Å². The van der Waals surface area contributed by atoms with Crippen LogP contribution in [-0.2, 0) is 5.54 Å². The molecule has 0 radical (unpaired) electrons. The van der Waals surface area contributed by atoms with Crippen LogP contribution in [0.15, 0.2) is 29.3 Å². The summed E-state index contributed by atoms with van der Waals surface area (Å²) >= 11 is 1.45. The fourth-order valence-corrected chi connectivity index (χ4v) is 2.55. The highest BCUT2D eigenvalue weighted by atomic mass is 35.5. The minimum Gasteiger partial charge on any atom is -0.378 e. The van der Waals surface area contributed by atoms with Gasteiger partial charge in [0.2, 0.25) is 0 Å². The van der Waals surface area contributed by atoms with Crippen molar-refractivity contribution in [2.45, 2.75) is 31.2 Å². The van der Waals surface area contributed by atoms with E-state index < -0.39 is 0 Å². The monoisotopic (exact) mass is 321 g/mol. The molecule has 6 heteroatoms. The Kier molecular flexibility index (Phi) is 7.82. The SMILES string of the molecule is CSC(N)=Nc1cccc(C2(N)CCCC2)c1.Cl.Cl. The van der Waals surface area contributed by atoms with Gasteiger partial charge < -0.3 is 11.5 Å². The number of thioether (sulfide) groups is 1. The Hall–Kier alpha value is -0.420. The highest BCUT2D eigenvalue weighted by Gasteiger charge is 2.31. The van der Waals surface area contributed by atoms with Crippen molar-refractivity contribution in [3.8, 4) is 0 Å². The van der Waals surface area contributed by atoms with E-state index in [0.29, 0.717) is 5.17 Å². The first-order valence-electron chi connectivity index (χ1n) is 5.92. The molecule has 1 fully saturated rings. The van der Waals surface area contributed by atoms with Crippen molar-refractivity contribution in [3.63, 3.8) is 0 Å². The lowest BCUT2D eigenvalue weighted by Gasteiger charge is -2.24. The molecule has 0 aromatic heterocycles. The van der Waals surface area contributed by atoms with Gasteiger partial charge in [-0.3, -0.25) is 0 Å². The van der Waals surface area contributed by atoms with Crippen molar-refractivity contribution in [2.75, 3.05) is 6.26 Å². The Bertz CT molecular complexity index is 432. The van der Waals surface area contributed by atoms with Gasteiger partial charge in [0.25, 0.3) is 0 Å². The fraction of sp³-hybridized carbons (Fsp3) is 0.462. The molecule has 0 bridgehead atoms. The molecular formula is C13H21Cl2N3S. The average molecular weight is 322 g/mol. The van der Waals surface area contributed by atoms with Gasteiger partial charge in [-0.2, -0.15) is 0 Å². The number of aliphatic imine (C=N–C) groups is 1. The summed E-state index contributed by atoms with van der Waals surface area (Å²) in [6, 6.07) is 8.13. The number of hydrogen-bond donors (Lipinski definition) is 2. The molecule has 2 rings (SSSR count). The second-order valence-corrected chi connectivity index (χ2v) is 5.39. The van der Waals surface area contributed by atoms with E-state index in [-0.39, 0.29) is 30.4 Å². The second-order valence-electron chi connectivity index (χ2n) is 4.57. The van der Waals surface area contributed by atoms with E-state index >= 15 is 0 Å². The standard InChI is InChI=1S/C13H19N3S.2ClH/c1-17-12(14)16-11-6-4-5-10(9-11)13(15)7-2-3-8-13;;/h4-6,9H,2-3,7-8,15H2,1H3,(H2,14,16);2*1H. The molecule has 0 spiro atoms. The smallest absolute Gasteiger partial charge is 0.158 e. The number of benzene rings is 1. The number of halogens is 2. The largest absolute Gasteiger partial charge is 0.378 e. The maximum absolute atomic E-state index is 6.43. The van der Waals surface area contributed by atoms with Gasteiger partial charge in [0.15, 0.2) is 5.17 Å². The van der Waals surface area contributed by atoms with Crippen molar-refractivity contribution in [1.29, 1.82) is 0 Å². The lowest BCUT2D eigenvalue weighted by Crippen LogP contribution is -2.32. The van der Waals surface area contributed by atoms with Crippen molar-refractivity contribution in [1.82, 2.24) is 0 Å². The molecule has 0 heterocycles. The van der Waals surface area contributed by atoms with Crippen LogP contribution in [0.5, 0.6) is 0 Å². The normalized spacial score (nSPS) is 17.5. The van der Waals surface area contributed by atoms with Crippen LogP contribution in [0, 0.1) is 0 Å². The van der Waals surface area contributed by atoms with Gasteiger partial charge in [-0.15, -0.1) is 24.8 Å². The van der Waals surface area contributed by atoms with E-state index in [9.17, 15) is 0 Å². The third kappa shape index (κ3) is 4.56. The van der Waals surface area contributed by atoms with E-state index in [2.05, 4.69) is 17.1 Å². The molecule has 0 amide bonds. The number of hydrogen-bond acceptors (Lipinski definition) is 3. The van der Waals surface area contributed by atoms with Crippen molar-refractivity contribution < 1.29 is 0 Å². The molecule has 108 valence electrons. The summed E-state index contributed by atoms with van der Waals surface area (Å²) in [5.41, 5.74) is 14.1. The molecule has 3 nitrogen and oxygen atoms in total. The van der Waals surface area contributed by atoms with E-state index in [1.165, 1.54) is 30.2 Å². The molecule has 4 N–H and O–H groups in total. The Morgan fingerprint density at radius 1 is 1.26 bits per heavy atom. The number of nitrogens with two attached hydrogens (primary N) is 2. The molecule has 1 aliphatic carbocycles. The van der Waals surface area contributed by atoms with Crippen LogP contribution >= 0.6 is 36.6 Å². The highest BCUT2D eigenvalue weighted by molar-refractivity contribution is 8.13. The third-order valence-corrected chi connectivity index (χ3v) is 3.87. The molecule has 0 unspecified atom stereocenters. The zero-order valence-corrected chi connectivity index (χ0v) is 13.4. The summed E-state index contributed by atoms with van der Waals surface area (Å²) in [6.07, 6.45) is 6.49. The van der Waals surface area contributed by atoms with Gasteiger partial charge in [0.1, 0.15) is 0 Å². The maximum atomic E-state index is 6.43. The summed E-state index contributed by atoms with van der Waals surface area (Å²) in [5.74, 6) is 0.